The Morgan fingerprint density at radius 2 is 1.68 bits per heavy atom. The average molecular weight is 482 g/mol. The average Bonchev–Trinajstić information content (AvgIpc) is 3.16. The van der Waals surface area contributed by atoms with Crippen molar-refractivity contribution in [1.82, 2.24) is 14.7 Å². The number of amides is 2. The van der Waals surface area contributed by atoms with E-state index < -0.39 is 12.1 Å². The zero-order chi connectivity index (χ0) is 24.8. The van der Waals surface area contributed by atoms with Gasteiger partial charge in [-0.15, -0.1) is 0 Å². The number of hydrogen-bond donors (Lipinski definition) is 2. The van der Waals surface area contributed by atoms with Crippen molar-refractivity contribution in [3.8, 4) is 0 Å². The van der Waals surface area contributed by atoms with Crippen LogP contribution in [0.3, 0.4) is 0 Å². The van der Waals surface area contributed by atoms with Crippen LogP contribution in [0.15, 0.2) is 54.6 Å². The molecule has 0 bridgehead atoms. The molecule has 0 saturated carbocycles. The minimum Gasteiger partial charge on any atom is -0.324 e. The minimum atomic E-state index is -0.496. The fraction of sp³-hybridized carbons (Fsp3) is 0.346. The van der Waals surface area contributed by atoms with E-state index in [-0.39, 0.29) is 11.8 Å². The van der Waals surface area contributed by atoms with Crippen LogP contribution in [0.4, 0.5) is 11.4 Å². The summed E-state index contributed by atoms with van der Waals surface area (Å²) in [4.78, 5) is 28.1. The van der Waals surface area contributed by atoms with Crippen LogP contribution in [0.2, 0.25) is 5.02 Å². The monoisotopic (exact) mass is 481 g/mol. The van der Waals surface area contributed by atoms with Gasteiger partial charge in [0, 0.05) is 11.4 Å². The smallest absolute Gasteiger partial charge is 0.248 e. The van der Waals surface area contributed by atoms with E-state index in [1.165, 1.54) is 0 Å². The molecule has 2 aromatic carbocycles. The predicted octanol–water partition coefficient (Wildman–Crippen LogP) is 5.37. The number of carbonyl (C=O) groups excluding carboxylic acids is 2. The maximum Gasteiger partial charge on any atom is 0.248 e. The summed E-state index contributed by atoms with van der Waals surface area (Å²) in [5, 5.41) is 10.6. The molecule has 2 atom stereocenters. The molecule has 2 unspecified atom stereocenters. The summed E-state index contributed by atoms with van der Waals surface area (Å²) in [6.45, 7) is 11.1. The Hall–Kier alpha value is -3.16. The predicted molar refractivity (Wildman–Crippen MR) is 137 cm³/mol. The van der Waals surface area contributed by atoms with E-state index >= 15 is 0 Å². The van der Waals surface area contributed by atoms with Crippen LogP contribution in [0.5, 0.6) is 0 Å². The normalized spacial score (nSPS) is 12.9. The molecule has 1 aromatic heterocycles. The number of carbonyl (C=O) groups is 2. The van der Waals surface area contributed by atoms with Crippen molar-refractivity contribution in [1.29, 1.82) is 0 Å². The van der Waals surface area contributed by atoms with Crippen LogP contribution in [0.25, 0.3) is 0 Å². The number of halogens is 1. The quantitative estimate of drug-likeness (QED) is 0.430. The molecule has 180 valence electrons. The van der Waals surface area contributed by atoms with Gasteiger partial charge in [0.2, 0.25) is 11.8 Å². The topological polar surface area (TPSA) is 79.3 Å². The van der Waals surface area contributed by atoms with Crippen molar-refractivity contribution in [2.45, 2.75) is 46.7 Å². The number of benzene rings is 2. The molecular formula is C26H32ClN5O2. The van der Waals surface area contributed by atoms with Crippen LogP contribution in [-0.4, -0.2) is 39.6 Å². The van der Waals surface area contributed by atoms with Gasteiger partial charge in [-0.2, -0.15) is 5.10 Å². The number of aryl methyl sites for hydroxylation is 2. The van der Waals surface area contributed by atoms with Crippen molar-refractivity contribution in [2.75, 3.05) is 23.7 Å². The fourth-order valence-corrected chi connectivity index (χ4v) is 4.27. The van der Waals surface area contributed by atoms with Crippen molar-refractivity contribution < 1.29 is 9.59 Å². The highest BCUT2D eigenvalue weighted by Gasteiger charge is 2.26. The lowest BCUT2D eigenvalue weighted by molar-refractivity contribution is -0.121. The largest absolute Gasteiger partial charge is 0.324 e. The Bertz CT molecular complexity index is 1140. The Kier molecular flexibility index (Phi) is 8.47. The third-order valence-electron chi connectivity index (χ3n) is 5.83. The molecule has 0 aliphatic carbocycles. The first-order valence-electron chi connectivity index (χ1n) is 11.5. The van der Waals surface area contributed by atoms with Gasteiger partial charge in [-0.05, 0) is 63.7 Å². The molecule has 0 spiro atoms. The number of likely N-dealkylation sites (N-methyl/N-ethyl adjacent to an activating group) is 1. The number of rotatable bonds is 9. The SMILES string of the molecule is CCN(CC)C(C(=O)Nc1ccc(NC(=O)C(C)n2nc(C)cc2C)c(Cl)c1)c1ccccc1. The van der Waals surface area contributed by atoms with Gasteiger partial charge in [0.05, 0.1) is 16.4 Å². The molecule has 2 N–H and O–H groups in total. The molecule has 1 heterocycles. The molecule has 7 nitrogen and oxygen atoms in total. The van der Waals surface area contributed by atoms with E-state index in [2.05, 4.69) is 20.6 Å². The molecule has 0 saturated heterocycles. The zero-order valence-corrected chi connectivity index (χ0v) is 21.1. The maximum absolute atomic E-state index is 13.3. The maximum atomic E-state index is 13.3. The second-order valence-electron chi connectivity index (χ2n) is 8.26. The van der Waals surface area contributed by atoms with E-state index in [4.69, 9.17) is 11.6 Å². The molecular weight excluding hydrogens is 450 g/mol. The number of nitrogens with one attached hydrogen (secondary N) is 2. The van der Waals surface area contributed by atoms with Crippen LogP contribution in [0.1, 0.15) is 49.8 Å². The Morgan fingerprint density at radius 1 is 1.00 bits per heavy atom. The van der Waals surface area contributed by atoms with Crippen LogP contribution < -0.4 is 10.6 Å². The summed E-state index contributed by atoms with van der Waals surface area (Å²) in [5.74, 6) is -0.364. The van der Waals surface area contributed by atoms with Gasteiger partial charge >= 0.3 is 0 Å². The first-order chi connectivity index (χ1) is 16.2. The Labute approximate surface area is 206 Å². The Balaban J connectivity index is 1.74. The van der Waals surface area contributed by atoms with Crippen molar-refractivity contribution in [2.24, 2.45) is 0 Å². The highest BCUT2D eigenvalue weighted by Crippen LogP contribution is 2.28. The highest BCUT2D eigenvalue weighted by molar-refractivity contribution is 6.34. The second-order valence-corrected chi connectivity index (χ2v) is 8.66. The number of hydrogen-bond acceptors (Lipinski definition) is 4. The summed E-state index contributed by atoms with van der Waals surface area (Å²) in [6.07, 6.45) is 0. The standard InChI is InChI=1S/C26H32ClN5O2/c1-6-31(7-2)24(20-11-9-8-10-12-20)26(34)28-21-13-14-23(22(27)16-21)29-25(33)19(5)32-18(4)15-17(3)30-32/h8-16,19,24H,6-7H2,1-5H3,(H,28,34)(H,29,33). The minimum absolute atomic E-state index is 0.138. The third kappa shape index (κ3) is 5.85. The summed E-state index contributed by atoms with van der Waals surface area (Å²) >= 11 is 6.46. The van der Waals surface area contributed by atoms with Crippen LogP contribution in [0, 0.1) is 13.8 Å². The lowest BCUT2D eigenvalue weighted by atomic mass is 10.0. The van der Waals surface area contributed by atoms with Gasteiger partial charge < -0.3 is 10.6 Å². The molecule has 0 radical (unpaired) electrons. The number of nitrogens with zero attached hydrogens (tertiary/aromatic N) is 3. The van der Waals surface area contributed by atoms with Gasteiger partial charge in [0.1, 0.15) is 12.1 Å². The molecule has 3 rings (SSSR count). The zero-order valence-electron chi connectivity index (χ0n) is 20.3. The second kappa shape index (κ2) is 11.3. The summed E-state index contributed by atoms with van der Waals surface area (Å²) < 4.78 is 1.68. The molecule has 0 aliphatic rings. The molecule has 34 heavy (non-hydrogen) atoms. The van der Waals surface area contributed by atoms with Crippen molar-refractivity contribution in [3.63, 3.8) is 0 Å². The van der Waals surface area contributed by atoms with E-state index in [1.807, 2.05) is 64.1 Å². The van der Waals surface area contributed by atoms with E-state index in [1.54, 1.807) is 29.8 Å². The van der Waals surface area contributed by atoms with Gasteiger partial charge in [0.25, 0.3) is 0 Å². The molecule has 8 heteroatoms. The van der Waals surface area contributed by atoms with Gasteiger partial charge in [-0.25, -0.2) is 0 Å². The summed E-state index contributed by atoms with van der Waals surface area (Å²) in [6, 6.07) is 15.8. The molecule has 2 amide bonds. The lowest BCUT2D eigenvalue weighted by Gasteiger charge is -2.29. The summed E-state index contributed by atoms with van der Waals surface area (Å²) in [5.41, 5.74) is 3.73. The first-order valence-corrected chi connectivity index (χ1v) is 11.9. The van der Waals surface area contributed by atoms with E-state index in [0.29, 0.717) is 16.4 Å². The summed E-state index contributed by atoms with van der Waals surface area (Å²) in [7, 11) is 0. The van der Waals surface area contributed by atoms with E-state index in [0.717, 1.165) is 30.0 Å². The van der Waals surface area contributed by atoms with Gasteiger partial charge in [-0.3, -0.25) is 19.2 Å². The van der Waals surface area contributed by atoms with Crippen LogP contribution in [-0.2, 0) is 9.59 Å². The third-order valence-corrected chi connectivity index (χ3v) is 6.14. The number of aromatic nitrogens is 2. The Morgan fingerprint density at radius 3 is 2.24 bits per heavy atom. The molecule has 0 fully saturated rings. The highest BCUT2D eigenvalue weighted by atomic mass is 35.5. The van der Waals surface area contributed by atoms with Gasteiger partial charge in [-0.1, -0.05) is 55.8 Å². The van der Waals surface area contributed by atoms with Gasteiger partial charge in [0.15, 0.2) is 0 Å². The first kappa shape index (κ1) is 25.5. The number of anilines is 2. The van der Waals surface area contributed by atoms with Crippen molar-refractivity contribution in [3.05, 3.63) is 76.6 Å². The molecule has 0 aliphatic heterocycles. The van der Waals surface area contributed by atoms with Crippen LogP contribution >= 0.6 is 11.6 Å². The molecule has 3 aromatic rings. The van der Waals surface area contributed by atoms with E-state index in [9.17, 15) is 9.59 Å². The fourth-order valence-electron chi connectivity index (χ4n) is 4.04. The lowest BCUT2D eigenvalue weighted by Crippen LogP contribution is -2.37. The van der Waals surface area contributed by atoms with Crippen molar-refractivity contribution >= 4 is 34.8 Å².